The molecule has 0 saturated carbocycles. The minimum Gasteiger partial charge on any atom is -0.439 e. The highest BCUT2D eigenvalue weighted by atomic mass is 16.3. The van der Waals surface area contributed by atoms with E-state index in [1.165, 1.54) is 0 Å². The van der Waals surface area contributed by atoms with Crippen molar-refractivity contribution >= 4 is 22.7 Å². The number of nitrogens with zero attached hydrogens (tertiary/aromatic N) is 2. The highest BCUT2D eigenvalue weighted by Gasteiger charge is 2.12. The van der Waals surface area contributed by atoms with Crippen molar-refractivity contribution in [2.24, 2.45) is 0 Å². The summed E-state index contributed by atoms with van der Waals surface area (Å²) in [6.07, 6.45) is 0. The lowest BCUT2D eigenvalue weighted by Gasteiger charge is -2.15. The van der Waals surface area contributed by atoms with Gasteiger partial charge in [0, 0.05) is 5.69 Å². The lowest BCUT2D eigenvalue weighted by atomic mass is 10.1. The Labute approximate surface area is 141 Å². The van der Waals surface area contributed by atoms with Crippen molar-refractivity contribution in [3.8, 4) is 0 Å². The van der Waals surface area contributed by atoms with E-state index in [2.05, 4.69) is 10.3 Å². The van der Waals surface area contributed by atoms with Crippen molar-refractivity contribution in [2.75, 3.05) is 18.9 Å². The summed E-state index contributed by atoms with van der Waals surface area (Å²) in [6.45, 7) is 4.79. The Morgan fingerprint density at radius 2 is 1.96 bits per heavy atom. The lowest BCUT2D eigenvalue weighted by molar-refractivity contribution is -0.117. The van der Waals surface area contributed by atoms with Crippen molar-refractivity contribution in [1.29, 1.82) is 0 Å². The van der Waals surface area contributed by atoms with Gasteiger partial charge < -0.3 is 9.73 Å². The fraction of sp³-hybridized carbons (Fsp3) is 0.263. The number of rotatable bonds is 5. The van der Waals surface area contributed by atoms with E-state index >= 15 is 0 Å². The summed E-state index contributed by atoms with van der Waals surface area (Å²) in [5.74, 6) is 0.556. The number of carbonyl (C=O) groups is 1. The number of hydrogen-bond acceptors (Lipinski definition) is 4. The predicted molar refractivity (Wildman–Crippen MR) is 94.9 cm³/mol. The zero-order valence-corrected chi connectivity index (χ0v) is 14.2. The summed E-state index contributed by atoms with van der Waals surface area (Å²) in [5, 5.41) is 2.96. The van der Waals surface area contributed by atoms with Crippen LogP contribution in [-0.4, -0.2) is 29.4 Å². The van der Waals surface area contributed by atoms with E-state index in [-0.39, 0.29) is 12.5 Å². The van der Waals surface area contributed by atoms with Gasteiger partial charge in [0.1, 0.15) is 5.52 Å². The van der Waals surface area contributed by atoms with Crippen LogP contribution in [0.15, 0.2) is 46.9 Å². The number of aromatic nitrogens is 1. The number of oxazole rings is 1. The van der Waals surface area contributed by atoms with E-state index in [1.54, 1.807) is 0 Å². The molecule has 1 N–H and O–H groups in total. The van der Waals surface area contributed by atoms with Gasteiger partial charge in [-0.2, -0.15) is 0 Å². The number of carbonyl (C=O) groups excluding carboxylic acids is 1. The van der Waals surface area contributed by atoms with Gasteiger partial charge in [-0.05, 0) is 50.2 Å². The molecule has 0 radical (unpaired) electrons. The van der Waals surface area contributed by atoms with Crippen LogP contribution in [0.25, 0.3) is 11.1 Å². The Morgan fingerprint density at radius 3 is 2.75 bits per heavy atom. The number of para-hydroxylation sites is 2. The molecule has 1 aromatic heterocycles. The molecule has 0 spiro atoms. The van der Waals surface area contributed by atoms with E-state index in [0.717, 1.165) is 27.9 Å². The van der Waals surface area contributed by atoms with Gasteiger partial charge >= 0.3 is 0 Å². The molecule has 0 unspecified atom stereocenters. The molecular formula is C19H21N3O2. The monoisotopic (exact) mass is 323 g/mol. The molecule has 24 heavy (non-hydrogen) atoms. The number of aryl methyl sites for hydroxylation is 1. The van der Waals surface area contributed by atoms with Crippen LogP contribution in [0.1, 0.15) is 17.0 Å². The van der Waals surface area contributed by atoms with Crippen LogP contribution in [0.4, 0.5) is 5.69 Å². The third-order valence-corrected chi connectivity index (χ3v) is 4.04. The van der Waals surface area contributed by atoms with E-state index < -0.39 is 0 Å². The van der Waals surface area contributed by atoms with E-state index in [4.69, 9.17) is 4.42 Å². The Hall–Kier alpha value is -2.66. The molecule has 2 aromatic carbocycles. The molecule has 0 aliphatic carbocycles. The molecule has 1 heterocycles. The van der Waals surface area contributed by atoms with Crippen molar-refractivity contribution in [2.45, 2.75) is 20.4 Å². The second-order valence-corrected chi connectivity index (χ2v) is 6.04. The van der Waals surface area contributed by atoms with Crippen LogP contribution < -0.4 is 5.32 Å². The Balaban J connectivity index is 1.60. The zero-order chi connectivity index (χ0) is 17.1. The molecule has 0 aliphatic rings. The standard InChI is InChI=1S/C19H21N3O2/c1-13-7-6-9-15(14(13)2)20-18(23)11-22(3)12-19-21-16-8-4-5-10-17(16)24-19/h4-10H,11-12H2,1-3H3,(H,20,23). The Morgan fingerprint density at radius 1 is 1.17 bits per heavy atom. The van der Waals surface area contributed by atoms with Gasteiger partial charge in [-0.1, -0.05) is 24.3 Å². The number of hydrogen-bond donors (Lipinski definition) is 1. The molecular weight excluding hydrogens is 302 g/mol. The molecule has 3 aromatic rings. The summed E-state index contributed by atoms with van der Waals surface area (Å²) in [7, 11) is 1.87. The first kappa shape index (κ1) is 16.2. The molecule has 124 valence electrons. The molecule has 1 amide bonds. The molecule has 0 bridgehead atoms. The van der Waals surface area contributed by atoms with Crippen molar-refractivity contribution in [1.82, 2.24) is 9.88 Å². The highest BCUT2D eigenvalue weighted by Crippen LogP contribution is 2.18. The van der Waals surface area contributed by atoms with Gasteiger partial charge in [0.05, 0.1) is 13.1 Å². The maximum atomic E-state index is 12.2. The Bertz CT molecular complexity index is 837. The van der Waals surface area contributed by atoms with Gasteiger partial charge in [-0.3, -0.25) is 9.69 Å². The largest absolute Gasteiger partial charge is 0.439 e. The summed E-state index contributed by atoms with van der Waals surface area (Å²) in [5.41, 5.74) is 4.71. The fourth-order valence-corrected chi connectivity index (χ4v) is 2.60. The third kappa shape index (κ3) is 3.63. The molecule has 0 aliphatic heterocycles. The van der Waals surface area contributed by atoms with Gasteiger partial charge in [0.2, 0.25) is 11.8 Å². The summed E-state index contributed by atoms with van der Waals surface area (Å²) < 4.78 is 5.69. The molecule has 5 heteroatoms. The van der Waals surface area contributed by atoms with Gasteiger partial charge in [0.15, 0.2) is 5.58 Å². The predicted octanol–water partition coefficient (Wildman–Crippen LogP) is 3.52. The highest BCUT2D eigenvalue weighted by molar-refractivity contribution is 5.93. The van der Waals surface area contributed by atoms with Gasteiger partial charge in [0.25, 0.3) is 0 Å². The number of likely N-dealkylation sites (N-methyl/N-ethyl adjacent to an activating group) is 1. The number of benzene rings is 2. The van der Waals surface area contributed by atoms with Crippen LogP contribution in [0.3, 0.4) is 0 Å². The van der Waals surface area contributed by atoms with Crippen molar-refractivity contribution in [3.05, 3.63) is 59.5 Å². The maximum absolute atomic E-state index is 12.2. The lowest BCUT2D eigenvalue weighted by Crippen LogP contribution is -2.30. The number of anilines is 1. The second kappa shape index (κ2) is 6.84. The maximum Gasteiger partial charge on any atom is 0.238 e. The Kier molecular flexibility index (Phi) is 4.62. The van der Waals surface area contributed by atoms with E-state index in [0.29, 0.717) is 12.4 Å². The van der Waals surface area contributed by atoms with E-state index in [1.807, 2.05) is 68.3 Å². The average Bonchev–Trinajstić information content (AvgIpc) is 2.93. The topological polar surface area (TPSA) is 58.4 Å². The number of fused-ring (bicyclic) bond motifs is 1. The van der Waals surface area contributed by atoms with Crippen LogP contribution in [-0.2, 0) is 11.3 Å². The second-order valence-electron chi connectivity index (χ2n) is 6.04. The summed E-state index contributed by atoms with van der Waals surface area (Å²) in [4.78, 5) is 18.6. The van der Waals surface area contributed by atoms with Crippen LogP contribution >= 0.6 is 0 Å². The van der Waals surface area contributed by atoms with E-state index in [9.17, 15) is 4.79 Å². The first-order valence-corrected chi connectivity index (χ1v) is 7.92. The van der Waals surface area contributed by atoms with Crippen LogP contribution in [0.2, 0.25) is 0 Å². The normalized spacial score (nSPS) is 11.2. The van der Waals surface area contributed by atoms with Gasteiger partial charge in [-0.25, -0.2) is 4.98 Å². The smallest absolute Gasteiger partial charge is 0.238 e. The third-order valence-electron chi connectivity index (χ3n) is 4.04. The zero-order valence-electron chi connectivity index (χ0n) is 14.2. The fourth-order valence-electron chi connectivity index (χ4n) is 2.60. The number of nitrogens with one attached hydrogen (secondary N) is 1. The summed E-state index contributed by atoms with van der Waals surface area (Å²) in [6, 6.07) is 13.5. The summed E-state index contributed by atoms with van der Waals surface area (Å²) >= 11 is 0. The number of amides is 1. The molecule has 5 nitrogen and oxygen atoms in total. The molecule has 3 rings (SSSR count). The van der Waals surface area contributed by atoms with Crippen LogP contribution in [0.5, 0.6) is 0 Å². The quantitative estimate of drug-likeness (QED) is 0.780. The molecule has 0 fully saturated rings. The van der Waals surface area contributed by atoms with Gasteiger partial charge in [-0.15, -0.1) is 0 Å². The minimum absolute atomic E-state index is 0.0534. The minimum atomic E-state index is -0.0534. The van der Waals surface area contributed by atoms with Crippen LogP contribution in [0, 0.1) is 13.8 Å². The van der Waals surface area contributed by atoms with Crippen molar-refractivity contribution in [3.63, 3.8) is 0 Å². The first-order valence-electron chi connectivity index (χ1n) is 7.92. The SMILES string of the molecule is Cc1cccc(NC(=O)CN(C)Cc2nc3ccccc3o2)c1C. The molecule has 0 saturated heterocycles. The van der Waals surface area contributed by atoms with Crippen molar-refractivity contribution < 1.29 is 9.21 Å². The first-order chi connectivity index (χ1) is 11.5. The molecule has 0 atom stereocenters. The average molecular weight is 323 g/mol.